The molecule has 0 aromatic carbocycles. The molecule has 0 unspecified atom stereocenters. The second kappa shape index (κ2) is 3.97. The molecule has 8 nitrogen and oxygen atoms in total. The lowest BCUT2D eigenvalue weighted by atomic mass is 9.32. The summed E-state index contributed by atoms with van der Waals surface area (Å²) in [4.78, 5) is 49.4. The van der Waals surface area contributed by atoms with E-state index in [2.05, 4.69) is 0 Å². The molecule has 4 fully saturated rings. The Morgan fingerprint density at radius 1 is 0.731 bits per heavy atom. The van der Waals surface area contributed by atoms with Crippen molar-refractivity contribution in [2.24, 2.45) is 33.5 Å². The number of allylic oxidation sites excluding steroid dienone is 2. The second-order valence-corrected chi connectivity index (χ2v) is 8.48. The lowest BCUT2D eigenvalue weighted by molar-refractivity contribution is -0.220. The van der Waals surface area contributed by atoms with E-state index in [1.165, 1.54) is 0 Å². The maximum atomic E-state index is 12.6. The van der Waals surface area contributed by atoms with Crippen LogP contribution in [0, 0.1) is 33.5 Å². The van der Waals surface area contributed by atoms with Crippen molar-refractivity contribution in [1.82, 2.24) is 0 Å². The van der Waals surface area contributed by atoms with E-state index in [-0.39, 0.29) is 19.3 Å². The fourth-order valence-electron chi connectivity index (χ4n) is 8.23. The smallest absolute Gasteiger partial charge is 0.311 e. The van der Waals surface area contributed by atoms with Gasteiger partial charge in [0.1, 0.15) is 0 Å². The van der Waals surface area contributed by atoms with Crippen LogP contribution in [0.2, 0.25) is 0 Å². The minimum absolute atomic E-state index is 0.0747. The van der Waals surface area contributed by atoms with Crippen molar-refractivity contribution < 1.29 is 39.6 Å². The average molecular weight is 362 g/mol. The van der Waals surface area contributed by atoms with Crippen molar-refractivity contribution in [1.29, 1.82) is 0 Å². The van der Waals surface area contributed by atoms with Gasteiger partial charge in [-0.15, -0.1) is 0 Å². The van der Waals surface area contributed by atoms with E-state index in [1.807, 2.05) is 0 Å². The molecule has 7 aliphatic carbocycles. The van der Waals surface area contributed by atoms with Gasteiger partial charge in [0, 0.05) is 10.8 Å². The van der Waals surface area contributed by atoms with Gasteiger partial charge in [-0.3, -0.25) is 19.2 Å². The highest BCUT2D eigenvalue weighted by Gasteiger charge is 2.99. The predicted octanol–water partition coefficient (Wildman–Crippen LogP) is 1.21. The SMILES string of the molecule is O=C(O)[C@@H]1[C@@H](C(=O)O)[C@@]23CCCC2=C2CC[C@@]3(C(=O)O)[C@]3(C(=O)O)C[C@]213. The number of rotatable bonds is 4. The Hall–Kier alpha value is -2.38. The summed E-state index contributed by atoms with van der Waals surface area (Å²) in [7, 11) is 0. The van der Waals surface area contributed by atoms with E-state index < -0.39 is 57.4 Å². The first-order chi connectivity index (χ1) is 12.2. The van der Waals surface area contributed by atoms with E-state index in [4.69, 9.17) is 0 Å². The molecule has 7 aliphatic rings. The lowest BCUT2D eigenvalue weighted by Gasteiger charge is -2.67. The van der Waals surface area contributed by atoms with Gasteiger partial charge < -0.3 is 20.4 Å². The Labute approximate surface area is 147 Å². The Morgan fingerprint density at radius 3 is 1.81 bits per heavy atom. The standard InChI is InChI=1S/C18H18O8/c19-11(20)9-10(12(21)22)16-6-18(16,14(25)26)17(13(23)24)5-3-8(16)7-2-1-4-15(7,9)17/h9-10H,1-6H2,(H,19,20)(H,21,22)(H,23,24)(H,25,26)/t9-,10-,15+,16-,17-,18-/m0/s1. The van der Waals surface area contributed by atoms with E-state index in [1.54, 1.807) is 0 Å². The van der Waals surface area contributed by atoms with Gasteiger partial charge in [-0.05, 0) is 38.5 Å². The minimum Gasteiger partial charge on any atom is -0.481 e. The number of hydrogen-bond donors (Lipinski definition) is 4. The number of aliphatic carboxylic acids is 4. The maximum absolute atomic E-state index is 12.6. The van der Waals surface area contributed by atoms with Gasteiger partial charge in [-0.1, -0.05) is 11.1 Å². The molecule has 2 spiro atoms. The summed E-state index contributed by atoms with van der Waals surface area (Å²) in [5.41, 5.74) is -4.71. The molecule has 4 saturated carbocycles. The summed E-state index contributed by atoms with van der Waals surface area (Å²) >= 11 is 0. The van der Waals surface area contributed by atoms with Gasteiger partial charge in [-0.2, -0.15) is 0 Å². The number of carboxylic acids is 4. The van der Waals surface area contributed by atoms with Crippen LogP contribution in [0.3, 0.4) is 0 Å². The molecule has 0 amide bonds. The van der Waals surface area contributed by atoms with E-state index in [9.17, 15) is 39.6 Å². The van der Waals surface area contributed by atoms with Crippen LogP contribution in [-0.2, 0) is 19.2 Å². The van der Waals surface area contributed by atoms with Crippen molar-refractivity contribution in [2.75, 3.05) is 0 Å². The zero-order chi connectivity index (χ0) is 18.9. The quantitative estimate of drug-likeness (QED) is 0.545. The fraction of sp³-hybridized carbons (Fsp3) is 0.667. The Balaban J connectivity index is 1.97. The highest BCUT2D eigenvalue weighted by Crippen LogP contribution is 2.95. The summed E-state index contributed by atoms with van der Waals surface area (Å²) < 4.78 is 0. The Kier molecular flexibility index (Phi) is 2.42. The number of fused-ring (bicyclic) bond motifs is 2. The van der Waals surface area contributed by atoms with E-state index in [0.29, 0.717) is 19.3 Å². The number of carbonyl (C=O) groups is 4. The highest BCUT2D eigenvalue weighted by atomic mass is 16.4. The normalized spacial score (nSPS) is 49.5. The minimum atomic E-state index is -1.74. The largest absolute Gasteiger partial charge is 0.481 e. The summed E-state index contributed by atoms with van der Waals surface area (Å²) in [6, 6.07) is 0. The lowest BCUT2D eigenvalue weighted by Crippen LogP contribution is -2.73. The third kappa shape index (κ3) is 1.05. The maximum Gasteiger partial charge on any atom is 0.311 e. The van der Waals surface area contributed by atoms with Gasteiger partial charge >= 0.3 is 23.9 Å². The molecule has 4 N–H and O–H groups in total. The average Bonchev–Trinajstić information content (AvgIpc) is 3.10. The molecule has 0 heterocycles. The molecule has 6 atom stereocenters. The molecule has 0 aliphatic heterocycles. The monoisotopic (exact) mass is 362 g/mol. The van der Waals surface area contributed by atoms with Crippen LogP contribution in [0.1, 0.15) is 38.5 Å². The molecular weight excluding hydrogens is 344 g/mol. The predicted molar refractivity (Wildman–Crippen MR) is 82.0 cm³/mol. The number of carboxylic acid groups (broad SMARTS) is 4. The molecule has 4 bridgehead atoms. The number of hydrogen-bond acceptors (Lipinski definition) is 4. The highest BCUT2D eigenvalue weighted by molar-refractivity contribution is 6.00. The molecule has 7 rings (SSSR count). The van der Waals surface area contributed by atoms with Crippen LogP contribution in [-0.4, -0.2) is 44.3 Å². The van der Waals surface area contributed by atoms with Crippen LogP contribution in [0.15, 0.2) is 11.1 Å². The van der Waals surface area contributed by atoms with Crippen molar-refractivity contribution in [3.63, 3.8) is 0 Å². The summed E-state index contributed by atoms with van der Waals surface area (Å²) in [5.74, 6) is -8.02. The topological polar surface area (TPSA) is 149 Å². The van der Waals surface area contributed by atoms with Crippen molar-refractivity contribution >= 4 is 23.9 Å². The molecule has 0 saturated heterocycles. The van der Waals surface area contributed by atoms with Crippen molar-refractivity contribution in [2.45, 2.75) is 38.5 Å². The van der Waals surface area contributed by atoms with E-state index in [0.717, 1.165) is 11.1 Å². The van der Waals surface area contributed by atoms with Crippen molar-refractivity contribution in [3.8, 4) is 0 Å². The molecule has 8 heteroatoms. The molecule has 0 aromatic heterocycles. The molecule has 138 valence electrons. The summed E-state index contributed by atoms with van der Waals surface area (Å²) in [6.45, 7) is 0. The zero-order valence-corrected chi connectivity index (χ0v) is 13.8. The van der Waals surface area contributed by atoms with Crippen LogP contribution in [0.5, 0.6) is 0 Å². The molecular formula is C18H18O8. The molecule has 0 aromatic rings. The van der Waals surface area contributed by atoms with Crippen molar-refractivity contribution in [3.05, 3.63) is 11.1 Å². The van der Waals surface area contributed by atoms with Gasteiger partial charge in [0.05, 0.1) is 22.7 Å². The first-order valence-electron chi connectivity index (χ1n) is 8.82. The van der Waals surface area contributed by atoms with Crippen LogP contribution >= 0.6 is 0 Å². The first-order valence-corrected chi connectivity index (χ1v) is 8.82. The third-order valence-electron chi connectivity index (χ3n) is 8.52. The third-order valence-corrected chi connectivity index (χ3v) is 8.52. The zero-order valence-electron chi connectivity index (χ0n) is 13.8. The Bertz CT molecular complexity index is 872. The van der Waals surface area contributed by atoms with Crippen LogP contribution in [0.4, 0.5) is 0 Å². The van der Waals surface area contributed by atoms with Gasteiger partial charge in [0.2, 0.25) is 0 Å². The van der Waals surface area contributed by atoms with Crippen LogP contribution < -0.4 is 0 Å². The van der Waals surface area contributed by atoms with Crippen LogP contribution in [0.25, 0.3) is 0 Å². The fourth-order valence-corrected chi connectivity index (χ4v) is 8.23. The van der Waals surface area contributed by atoms with Gasteiger partial charge in [0.25, 0.3) is 0 Å². The summed E-state index contributed by atoms with van der Waals surface area (Å²) in [5, 5.41) is 40.3. The van der Waals surface area contributed by atoms with Gasteiger partial charge in [0.15, 0.2) is 0 Å². The summed E-state index contributed by atoms with van der Waals surface area (Å²) in [6.07, 6.45) is 1.68. The molecule has 26 heavy (non-hydrogen) atoms. The van der Waals surface area contributed by atoms with Gasteiger partial charge in [-0.25, -0.2) is 0 Å². The Morgan fingerprint density at radius 2 is 1.27 bits per heavy atom. The first kappa shape index (κ1) is 15.8. The molecule has 0 radical (unpaired) electrons. The van der Waals surface area contributed by atoms with E-state index >= 15 is 0 Å². The second-order valence-electron chi connectivity index (χ2n) is 8.48.